The Bertz CT molecular complexity index is 975. The lowest BCUT2D eigenvalue weighted by Gasteiger charge is -2.27. The number of carbonyl (C=O) groups excluding carboxylic acids is 1. The standard InChI is InChI=1S/C27H33NO7/c1-18(35-25-13-7-8-14-33-25)15-32-17-24(26(29)30)28(2)27(31)34-16-23-21-11-5-3-9-19(21)20-10-4-6-12-22(20)23/h3-6,9-12,18,23-25H,7-8,13-17H2,1-2H3,(H,29,30)/t18-,24-,25?/m0/s1. The number of hydrogen-bond donors (Lipinski definition) is 1. The van der Waals surface area contributed by atoms with Gasteiger partial charge in [0.2, 0.25) is 0 Å². The summed E-state index contributed by atoms with van der Waals surface area (Å²) >= 11 is 0. The molecule has 1 heterocycles. The van der Waals surface area contributed by atoms with Crippen LogP contribution in [-0.4, -0.2) is 74.0 Å². The zero-order valence-corrected chi connectivity index (χ0v) is 20.2. The first-order valence-corrected chi connectivity index (χ1v) is 12.1. The highest BCUT2D eigenvalue weighted by atomic mass is 16.7. The number of fused-ring (bicyclic) bond motifs is 3. The van der Waals surface area contributed by atoms with Gasteiger partial charge in [0.1, 0.15) is 6.61 Å². The highest BCUT2D eigenvalue weighted by molar-refractivity contribution is 5.81. The molecule has 1 aliphatic carbocycles. The minimum absolute atomic E-state index is 0.0979. The van der Waals surface area contributed by atoms with Gasteiger partial charge in [0.25, 0.3) is 0 Å². The van der Waals surface area contributed by atoms with Crippen LogP contribution in [0.25, 0.3) is 11.1 Å². The largest absolute Gasteiger partial charge is 0.480 e. The highest BCUT2D eigenvalue weighted by Gasteiger charge is 2.32. The van der Waals surface area contributed by atoms with Gasteiger partial charge in [-0.1, -0.05) is 48.5 Å². The number of nitrogens with zero attached hydrogens (tertiary/aromatic N) is 1. The quantitative estimate of drug-likeness (QED) is 0.539. The van der Waals surface area contributed by atoms with Crippen LogP contribution in [0.4, 0.5) is 4.79 Å². The van der Waals surface area contributed by atoms with Gasteiger partial charge in [0.05, 0.1) is 19.3 Å². The number of hydrogen-bond acceptors (Lipinski definition) is 6. The molecule has 8 heteroatoms. The Balaban J connectivity index is 1.30. The molecule has 1 saturated heterocycles. The first-order valence-electron chi connectivity index (χ1n) is 12.1. The fourth-order valence-corrected chi connectivity index (χ4v) is 4.63. The van der Waals surface area contributed by atoms with Crippen LogP contribution < -0.4 is 0 Å². The summed E-state index contributed by atoms with van der Waals surface area (Å²) in [5.74, 6) is -1.26. The molecule has 1 unspecified atom stereocenters. The van der Waals surface area contributed by atoms with Crippen molar-refractivity contribution in [3.8, 4) is 11.1 Å². The van der Waals surface area contributed by atoms with Gasteiger partial charge in [0.15, 0.2) is 12.3 Å². The number of amides is 1. The number of carbonyl (C=O) groups is 2. The van der Waals surface area contributed by atoms with Crippen LogP contribution >= 0.6 is 0 Å². The third-order valence-corrected chi connectivity index (χ3v) is 6.53. The molecule has 8 nitrogen and oxygen atoms in total. The SMILES string of the molecule is C[C@@H](COC[C@@H](C(=O)O)N(C)C(=O)OCC1c2ccccc2-c2ccccc21)OC1CCCCO1. The van der Waals surface area contributed by atoms with Crippen LogP contribution in [0.5, 0.6) is 0 Å². The molecule has 1 N–H and O–H groups in total. The zero-order chi connectivity index (χ0) is 24.8. The van der Waals surface area contributed by atoms with E-state index in [0.717, 1.165) is 46.4 Å². The van der Waals surface area contributed by atoms with Gasteiger partial charge in [-0.3, -0.25) is 4.90 Å². The fourth-order valence-electron chi connectivity index (χ4n) is 4.63. The summed E-state index contributed by atoms with van der Waals surface area (Å²) in [5.41, 5.74) is 4.45. The first kappa shape index (κ1) is 25.2. The molecule has 4 rings (SSSR count). The van der Waals surface area contributed by atoms with Crippen molar-refractivity contribution in [1.82, 2.24) is 4.90 Å². The Morgan fingerprint density at radius 2 is 1.71 bits per heavy atom. The Morgan fingerprint density at radius 1 is 1.06 bits per heavy atom. The Morgan fingerprint density at radius 3 is 2.31 bits per heavy atom. The van der Waals surface area contributed by atoms with E-state index in [1.165, 1.54) is 7.05 Å². The average Bonchev–Trinajstić information content (AvgIpc) is 3.19. The second-order valence-corrected chi connectivity index (χ2v) is 9.05. The molecule has 2 aromatic rings. The molecule has 0 radical (unpaired) electrons. The minimum atomic E-state index is -1.18. The molecule has 0 saturated carbocycles. The molecule has 0 aromatic heterocycles. The summed E-state index contributed by atoms with van der Waals surface area (Å²) in [6.07, 6.45) is 1.72. The van der Waals surface area contributed by atoms with Gasteiger partial charge in [-0.25, -0.2) is 9.59 Å². The van der Waals surface area contributed by atoms with Gasteiger partial charge in [-0.2, -0.15) is 0 Å². The van der Waals surface area contributed by atoms with Crippen molar-refractivity contribution in [1.29, 1.82) is 0 Å². The zero-order valence-electron chi connectivity index (χ0n) is 20.2. The van der Waals surface area contributed by atoms with Crippen molar-refractivity contribution in [2.75, 3.05) is 33.5 Å². The summed E-state index contributed by atoms with van der Waals surface area (Å²) < 4.78 is 22.5. The van der Waals surface area contributed by atoms with Crippen LogP contribution in [0, 0.1) is 0 Å². The molecule has 1 fully saturated rings. The van der Waals surface area contributed by atoms with Crippen LogP contribution in [0.1, 0.15) is 43.2 Å². The molecule has 1 aliphatic heterocycles. The number of carboxylic acids is 1. The maximum Gasteiger partial charge on any atom is 0.410 e. The van der Waals surface area contributed by atoms with E-state index in [1.807, 2.05) is 43.3 Å². The van der Waals surface area contributed by atoms with Crippen LogP contribution in [-0.2, 0) is 23.7 Å². The molecule has 35 heavy (non-hydrogen) atoms. The second kappa shape index (κ2) is 11.7. The molecule has 2 aromatic carbocycles. The van der Waals surface area contributed by atoms with Gasteiger partial charge < -0.3 is 24.1 Å². The Hall–Kier alpha value is -2.94. The van der Waals surface area contributed by atoms with E-state index in [4.69, 9.17) is 18.9 Å². The van der Waals surface area contributed by atoms with E-state index in [-0.39, 0.29) is 38.1 Å². The number of rotatable bonds is 10. The summed E-state index contributed by atoms with van der Waals surface area (Å²) in [4.78, 5) is 25.7. The van der Waals surface area contributed by atoms with E-state index >= 15 is 0 Å². The second-order valence-electron chi connectivity index (χ2n) is 9.05. The van der Waals surface area contributed by atoms with Crippen molar-refractivity contribution in [2.45, 2.75) is 50.5 Å². The molecule has 0 spiro atoms. The number of aliphatic carboxylic acids is 1. The summed E-state index contributed by atoms with van der Waals surface area (Å²) in [6, 6.07) is 14.9. The minimum Gasteiger partial charge on any atom is -0.480 e. The third-order valence-electron chi connectivity index (χ3n) is 6.53. The maximum atomic E-state index is 12.8. The molecule has 188 valence electrons. The van der Waals surface area contributed by atoms with Crippen LogP contribution in [0.3, 0.4) is 0 Å². The van der Waals surface area contributed by atoms with Gasteiger partial charge in [-0.15, -0.1) is 0 Å². The lowest BCUT2D eigenvalue weighted by Crippen LogP contribution is -2.46. The summed E-state index contributed by atoms with van der Waals surface area (Å²) in [6.45, 7) is 2.68. The summed E-state index contributed by atoms with van der Waals surface area (Å²) in [5, 5.41) is 9.68. The van der Waals surface area contributed by atoms with Crippen molar-refractivity contribution in [2.24, 2.45) is 0 Å². The van der Waals surface area contributed by atoms with Gasteiger partial charge in [0, 0.05) is 19.6 Å². The van der Waals surface area contributed by atoms with E-state index in [2.05, 4.69) is 12.1 Å². The molecule has 1 amide bonds. The lowest BCUT2D eigenvalue weighted by atomic mass is 9.98. The highest BCUT2D eigenvalue weighted by Crippen LogP contribution is 2.44. The predicted molar refractivity (Wildman–Crippen MR) is 129 cm³/mol. The fraction of sp³-hybridized carbons (Fsp3) is 0.481. The maximum absolute atomic E-state index is 12.8. The van der Waals surface area contributed by atoms with Crippen LogP contribution in [0.15, 0.2) is 48.5 Å². The van der Waals surface area contributed by atoms with Crippen LogP contribution in [0.2, 0.25) is 0 Å². The monoisotopic (exact) mass is 483 g/mol. The van der Waals surface area contributed by atoms with Crippen molar-refractivity contribution >= 4 is 12.1 Å². The molecular formula is C27H33NO7. The number of carboxylic acid groups (broad SMARTS) is 1. The van der Waals surface area contributed by atoms with Gasteiger partial charge >= 0.3 is 12.1 Å². The number of likely N-dealkylation sites (N-methyl/N-ethyl adjacent to an activating group) is 1. The average molecular weight is 484 g/mol. The smallest absolute Gasteiger partial charge is 0.410 e. The first-order chi connectivity index (χ1) is 17.0. The Labute approximate surface area is 205 Å². The normalized spacial score (nSPS) is 18.9. The van der Waals surface area contributed by atoms with E-state index < -0.39 is 18.1 Å². The van der Waals surface area contributed by atoms with Crippen molar-refractivity contribution in [3.05, 3.63) is 59.7 Å². The third kappa shape index (κ3) is 6.01. The van der Waals surface area contributed by atoms with E-state index in [9.17, 15) is 14.7 Å². The van der Waals surface area contributed by atoms with E-state index in [0.29, 0.717) is 6.61 Å². The molecular weight excluding hydrogens is 450 g/mol. The molecule has 0 bridgehead atoms. The molecule has 2 aliphatic rings. The van der Waals surface area contributed by atoms with Gasteiger partial charge in [-0.05, 0) is 48.4 Å². The number of benzene rings is 2. The number of ether oxygens (including phenoxy) is 4. The predicted octanol–water partition coefficient (Wildman–Crippen LogP) is 4.27. The molecule has 3 atom stereocenters. The van der Waals surface area contributed by atoms with E-state index in [1.54, 1.807) is 0 Å². The lowest BCUT2D eigenvalue weighted by molar-refractivity contribution is -0.194. The van der Waals surface area contributed by atoms with Crippen molar-refractivity contribution < 1.29 is 33.6 Å². The topological polar surface area (TPSA) is 94.5 Å². The Kier molecular flexibility index (Phi) is 8.38. The summed E-state index contributed by atoms with van der Waals surface area (Å²) in [7, 11) is 1.41. The van der Waals surface area contributed by atoms with Crippen molar-refractivity contribution in [3.63, 3.8) is 0 Å².